The maximum absolute atomic E-state index is 10.3. The molecule has 5 nitrogen and oxygen atoms in total. The van der Waals surface area contributed by atoms with Gasteiger partial charge in [-0.1, -0.05) is 37.3 Å². The van der Waals surface area contributed by atoms with Crippen LogP contribution in [0.4, 0.5) is 0 Å². The van der Waals surface area contributed by atoms with Crippen LogP contribution >= 0.6 is 0 Å². The average molecular weight is 421 g/mol. The molecule has 0 aliphatic rings. The Morgan fingerprint density at radius 2 is 1.42 bits per heavy atom. The summed E-state index contributed by atoms with van der Waals surface area (Å²) in [6.07, 6.45) is 3.85. The maximum Gasteiger partial charge on any atom is 0.118 e. The third-order valence-corrected chi connectivity index (χ3v) is 5.57. The van der Waals surface area contributed by atoms with E-state index in [4.69, 9.17) is 9.47 Å². The highest BCUT2D eigenvalue weighted by molar-refractivity contribution is 5.38. The van der Waals surface area contributed by atoms with Crippen LogP contribution in [0.3, 0.4) is 0 Å². The van der Waals surface area contributed by atoms with Gasteiger partial charge in [-0.15, -0.1) is 0 Å². The molecule has 0 bridgehead atoms. The summed E-state index contributed by atoms with van der Waals surface area (Å²) in [5.41, 5.74) is 3.35. The van der Waals surface area contributed by atoms with Crippen LogP contribution in [0.2, 0.25) is 0 Å². The first-order valence-electron chi connectivity index (χ1n) is 10.7. The van der Waals surface area contributed by atoms with Crippen molar-refractivity contribution in [1.82, 2.24) is 10.3 Å². The number of aliphatic hydroxyl groups excluding tert-OH is 1. The maximum atomic E-state index is 10.3. The SMILES string of the molecule is COc1ccc(C(CC(C)CNCC(O)c2cccnc2)c2ccc(OC)cc2)cc1. The molecule has 0 amide bonds. The van der Waals surface area contributed by atoms with E-state index >= 15 is 0 Å². The molecule has 2 atom stereocenters. The lowest BCUT2D eigenvalue weighted by atomic mass is 9.84. The first kappa shape index (κ1) is 22.8. The van der Waals surface area contributed by atoms with Gasteiger partial charge in [0.15, 0.2) is 0 Å². The van der Waals surface area contributed by atoms with Crippen molar-refractivity contribution in [3.05, 3.63) is 89.7 Å². The lowest BCUT2D eigenvalue weighted by Gasteiger charge is -2.23. The molecule has 1 heterocycles. The zero-order valence-corrected chi connectivity index (χ0v) is 18.5. The van der Waals surface area contributed by atoms with Crippen molar-refractivity contribution in [3.8, 4) is 11.5 Å². The summed E-state index contributed by atoms with van der Waals surface area (Å²) in [6, 6.07) is 20.3. The van der Waals surface area contributed by atoms with Crippen molar-refractivity contribution >= 4 is 0 Å². The molecule has 0 saturated heterocycles. The summed E-state index contributed by atoms with van der Waals surface area (Å²) in [5.74, 6) is 2.39. The van der Waals surface area contributed by atoms with Crippen molar-refractivity contribution < 1.29 is 14.6 Å². The zero-order valence-electron chi connectivity index (χ0n) is 18.5. The van der Waals surface area contributed by atoms with Gasteiger partial charge in [0.1, 0.15) is 11.5 Å². The van der Waals surface area contributed by atoms with Crippen LogP contribution in [-0.4, -0.2) is 37.4 Å². The molecule has 2 unspecified atom stereocenters. The van der Waals surface area contributed by atoms with Gasteiger partial charge in [0, 0.05) is 30.4 Å². The van der Waals surface area contributed by atoms with Crippen LogP contribution in [0.15, 0.2) is 73.1 Å². The van der Waals surface area contributed by atoms with Crippen molar-refractivity contribution in [2.75, 3.05) is 27.3 Å². The molecule has 0 radical (unpaired) electrons. The number of nitrogens with one attached hydrogen (secondary N) is 1. The first-order chi connectivity index (χ1) is 15.1. The molecule has 31 heavy (non-hydrogen) atoms. The van der Waals surface area contributed by atoms with Gasteiger partial charge in [-0.25, -0.2) is 0 Å². The van der Waals surface area contributed by atoms with Gasteiger partial charge in [-0.05, 0) is 60.3 Å². The standard InChI is InChI=1S/C26H32N2O3/c1-19(16-28-18-26(29)22-5-4-14-27-17-22)15-25(20-6-10-23(30-2)11-7-20)21-8-12-24(31-3)13-9-21/h4-14,17,19,25-26,28-29H,15-16,18H2,1-3H3. The lowest BCUT2D eigenvalue weighted by molar-refractivity contribution is 0.172. The Morgan fingerprint density at radius 1 is 0.839 bits per heavy atom. The minimum Gasteiger partial charge on any atom is -0.497 e. The molecular formula is C26H32N2O3. The third kappa shape index (κ3) is 6.54. The molecule has 0 saturated carbocycles. The van der Waals surface area contributed by atoms with Gasteiger partial charge in [0.25, 0.3) is 0 Å². The Balaban J connectivity index is 1.65. The molecule has 164 valence electrons. The van der Waals surface area contributed by atoms with Gasteiger partial charge in [0.05, 0.1) is 20.3 Å². The highest BCUT2D eigenvalue weighted by atomic mass is 16.5. The molecular weight excluding hydrogens is 388 g/mol. The number of pyridine rings is 1. The molecule has 1 aromatic heterocycles. The van der Waals surface area contributed by atoms with Crippen LogP contribution in [0, 0.1) is 5.92 Å². The molecule has 5 heteroatoms. The Bertz CT molecular complexity index is 851. The van der Waals surface area contributed by atoms with Crippen LogP contribution < -0.4 is 14.8 Å². The third-order valence-electron chi connectivity index (χ3n) is 5.57. The van der Waals surface area contributed by atoms with Crippen molar-refractivity contribution in [2.24, 2.45) is 5.92 Å². The normalized spacial score (nSPS) is 13.1. The van der Waals surface area contributed by atoms with E-state index in [2.05, 4.69) is 41.5 Å². The van der Waals surface area contributed by atoms with E-state index in [-0.39, 0.29) is 5.92 Å². The summed E-state index contributed by atoms with van der Waals surface area (Å²) in [4.78, 5) is 4.07. The smallest absolute Gasteiger partial charge is 0.118 e. The second kappa shape index (κ2) is 11.5. The van der Waals surface area contributed by atoms with Crippen LogP contribution in [0.5, 0.6) is 11.5 Å². The van der Waals surface area contributed by atoms with E-state index in [1.165, 1.54) is 11.1 Å². The van der Waals surface area contributed by atoms with Crippen molar-refractivity contribution in [2.45, 2.75) is 25.4 Å². The Morgan fingerprint density at radius 3 is 1.90 bits per heavy atom. The predicted octanol–water partition coefficient (Wildman–Crippen LogP) is 4.58. The summed E-state index contributed by atoms with van der Waals surface area (Å²) in [6.45, 7) is 3.56. The number of aliphatic hydroxyl groups is 1. The van der Waals surface area contributed by atoms with Gasteiger partial charge >= 0.3 is 0 Å². The highest BCUT2D eigenvalue weighted by Crippen LogP contribution is 2.33. The van der Waals surface area contributed by atoms with Gasteiger partial charge in [-0.3, -0.25) is 4.98 Å². The summed E-state index contributed by atoms with van der Waals surface area (Å²) >= 11 is 0. The fourth-order valence-electron chi connectivity index (χ4n) is 3.78. The van der Waals surface area contributed by atoms with E-state index < -0.39 is 6.10 Å². The number of hydrogen-bond donors (Lipinski definition) is 2. The summed E-state index contributed by atoms with van der Waals surface area (Å²) in [5, 5.41) is 13.8. The Labute approximate surface area is 185 Å². The van der Waals surface area contributed by atoms with Crippen molar-refractivity contribution in [1.29, 1.82) is 0 Å². The summed E-state index contributed by atoms with van der Waals surface area (Å²) < 4.78 is 10.6. The van der Waals surface area contributed by atoms with Crippen LogP contribution in [-0.2, 0) is 0 Å². The van der Waals surface area contributed by atoms with E-state index in [0.717, 1.165) is 30.0 Å². The molecule has 0 aliphatic heterocycles. The monoisotopic (exact) mass is 420 g/mol. The summed E-state index contributed by atoms with van der Waals surface area (Å²) in [7, 11) is 3.37. The van der Waals surface area contributed by atoms with Gasteiger partial charge in [-0.2, -0.15) is 0 Å². The second-order valence-electron chi connectivity index (χ2n) is 7.90. The fraction of sp³-hybridized carbons (Fsp3) is 0.346. The largest absolute Gasteiger partial charge is 0.497 e. The molecule has 3 rings (SSSR count). The number of benzene rings is 2. The van der Waals surface area contributed by atoms with E-state index in [9.17, 15) is 5.11 Å². The molecule has 0 aliphatic carbocycles. The van der Waals surface area contributed by atoms with E-state index in [1.54, 1.807) is 26.6 Å². The van der Waals surface area contributed by atoms with E-state index in [0.29, 0.717) is 12.5 Å². The first-order valence-corrected chi connectivity index (χ1v) is 10.7. The minimum absolute atomic E-state index is 0.261. The van der Waals surface area contributed by atoms with Crippen LogP contribution in [0.25, 0.3) is 0 Å². The molecule has 0 fully saturated rings. The van der Waals surface area contributed by atoms with Gasteiger partial charge < -0.3 is 19.9 Å². The number of methoxy groups -OCH3 is 2. The van der Waals surface area contributed by atoms with E-state index in [1.807, 2.05) is 36.4 Å². The lowest BCUT2D eigenvalue weighted by Crippen LogP contribution is -2.27. The Hall–Kier alpha value is -2.89. The number of ether oxygens (including phenoxy) is 2. The highest BCUT2D eigenvalue weighted by Gasteiger charge is 2.18. The number of nitrogens with zero attached hydrogens (tertiary/aromatic N) is 1. The molecule has 2 N–H and O–H groups in total. The minimum atomic E-state index is -0.556. The zero-order chi connectivity index (χ0) is 22.1. The fourth-order valence-corrected chi connectivity index (χ4v) is 3.78. The number of aromatic nitrogens is 1. The topological polar surface area (TPSA) is 63.6 Å². The number of rotatable bonds is 11. The second-order valence-corrected chi connectivity index (χ2v) is 7.90. The van der Waals surface area contributed by atoms with Crippen molar-refractivity contribution in [3.63, 3.8) is 0 Å². The average Bonchev–Trinajstić information content (AvgIpc) is 2.83. The molecule has 2 aromatic carbocycles. The van der Waals surface area contributed by atoms with Gasteiger partial charge in [0.2, 0.25) is 0 Å². The molecule has 0 spiro atoms. The Kier molecular flexibility index (Phi) is 8.44. The predicted molar refractivity (Wildman–Crippen MR) is 124 cm³/mol. The molecule has 3 aromatic rings. The number of hydrogen-bond acceptors (Lipinski definition) is 5. The quantitative estimate of drug-likeness (QED) is 0.475. The van der Waals surface area contributed by atoms with Crippen LogP contribution in [0.1, 0.15) is 42.1 Å².